The van der Waals surface area contributed by atoms with E-state index in [4.69, 9.17) is 10.00 Å². The number of nitrogens with one attached hydrogen (secondary N) is 1. The Morgan fingerprint density at radius 1 is 1.26 bits per heavy atom. The largest absolute Gasteiger partial charge is 0.497 e. The number of amides is 2. The maximum atomic E-state index is 12.2. The molecule has 7 heteroatoms. The van der Waals surface area contributed by atoms with E-state index in [-0.39, 0.29) is 16.9 Å². The molecule has 0 saturated heterocycles. The second-order valence-corrected chi connectivity index (χ2v) is 5.03. The van der Waals surface area contributed by atoms with Crippen molar-refractivity contribution in [3.05, 3.63) is 34.9 Å². The molecule has 1 aliphatic rings. The summed E-state index contributed by atoms with van der Waals surface area (Å²) in [7, 11) is 2.90. The molecule has 0 spiro atoms. The Kier molecular flexibility index (Phi) is 4.46. The molecule has 1 aromatic carbocycles. The van der Waals surface area contributed by atoms with E-state index in [1.54, 1.807) is 19.2 Å². The van der Waals surface area contributed by atoms with Crippen molar-refractivity contribution in [2.24, 2.45) is 5.10 Å². The highest BCUT2D eigenvalue weighted by Crippen LogP contribution is 2.22. The van der Waals surface area contributed by atoms with E-state index in [9.17, 15) is 9.59 Å². The predicted octanol–water partition coefficient (Wildman–Crippen LogP) is 1.61. The number of hydrogen-bond donors (Lipinski definition) is 1. The zero-order valence-corrected chi connectivity index (χ0v) is 13.3. The summed E-state index contributed by atoms with van der Waals surface area (Å²) >= 11 is 0. The Balaban J connectivity index is 2.39. The Morgan fingerprint density at radius 2 is 1.96 bits per heavy atom. The summed E-state index contributed by atoms with van der Waals surface area (Å²) in [5, 5.41) is 13.2. The van der Waals surface area contributed by atoms with Gasteiger partial charge < -0.3 is 4.74 Å². The molecule has 1 heterocycles. The zero-order chi connectivity index (χ0) is 17.1. The molecule has 0 aliphatic carbocycles. The van der Waals surface area contributed by atoms with Crippen LogP contribution in [0.25, 0.3) is 0 Å². The number of benzene rings is 1. The van der Waals surface area contributed by atoms with Gasteiger partial charge in [-0.3, -0.25) is 19.9 Å². The molecular formula is C16H16N4O3. The number of nitrogens with zero attached hydrogens (tertiary/aromatic N) is 3. The van der Waals surface area contributed by atoms with E-state index < -0.39 is 11.8 Å². The number of imide groups is 1. The van der Waals surface area contributed by atoms with E-state index in [0.29, 0.717) is 11.4 Å². The Bertz CT molecular complexity index is 787. The SMILES string of the molecule is COc1ccc(N/N=C2\C(=O)N(C)C(=O)C(C#N)=C2C)c(C)c1. The maximum absolute atomic E-state index is 12.2. The zero-order valence-electron chi connectivity index (χ0n) is 13.3. The number of carbonyl (C=O) groups excluding carboxylic acids is 2. The number of hydrogen-bond acceptors (Lipinski definition) is 6. The number of rotatable bonds is 3. The third kappa shape index (κ3) is 2.92. The van der Waals surface area contributed by atoms with Gasteiger partial charge in [-0.2, -0.15) is 10.4 Å². The monoisotopic (exact) mass is 312 g/mol. The van der Waals surface area contributed by atoms with E-state index >= 15 is 0 Å². The average molecular weight is 312 g/mol. The van der Waals surface area contributed by atoms with Gasteiger partial charge in [-0.1, -0.05) is 0 Å². The number of nitriles is 1. The second kappa shape index (κ2) is 6.32. The first-order valence-corrected chi connectivity index (χ1v) is 6.82. The molecule has 0 bridgehead atoms. The standard InChI is InChI=1S/C16H16N4O3/c1-9-7-11(23-4)5-6-13(9)18-19-14-10(2)12(8-17)15(21)20(3)16(14)22/h5-7,18H,1-4H3/b19-14-. The molecule has 0 saturated carbocycles. The molecule has 1 N–H and O–H groups in total. The van der Waals surface area contributed by atoms with E-state index in [1.807, 2.05) is 19.1 Å². The summed E-state index contributed by atoms with van der Waals surface area (Å²) in [6.07, 6.45) is 0. The maximum Gasteiger partial charge on any atom is 0.281 e. The van der Waals surface area contributed by atoms with E-state index in [2.05, 4.69) is 10.5 Å². The molecule has 7 nitrogen and oxygen atoms in total. The fourth-order valence-electron chi connectivity index (χ4n) is 2.13. The first kappa shape index (κ1) is 16.2. The van der Waals surface area contributed by atoms with Crippen molar-refractivity contribution in [2.75, 3.05) is 19.6 Å². The number of anilines is 1. The molecule has 118 valence electrons. The van der Waals surface area contributed by atoms with Gasteiger partial charge in [-0.15, -0.1) is 0 Å². The Hall–Kier alpha value is -3.14. The first-order valence-electron chi connectivity index (χ1n) is 6.82. The van der Waals surface area contributed by atoms with Crippen molar-refractivity contribution < 1.29 is 14.3 Å². The number of carbonyl (C=O) groups is 2. The summed E-state index contributed by atoms with van der Waals surface area (Å²) in [5.74, 6) is -0.456. The molecule has 0 unspecified atom stereocenters. The van der Waals surface area contributed by atoms with Crippen LogP contribution in [0.3, 0.4) is 0 Å². The third-order valence-corrected chi connectivity index (χ3v) is 3.59. The number of hydrazone groups is 1. The third-order valence-electron chi connectivity index (χ3n) is 3.59. The number of likely N-dealkylation sites (N-methyl/N-ethyl adjacent to an activating group) is 1. The van der Waals surface area contributed by atoms with Crippen molar-refractivity contribution in [3.8, 4) is 11.8 Å². The lowest BCUT2D eigenvalue weighted by atomic mass is 10.00. The fraction of sp³-hybridized carbons (Fsp3) is 0.250. The highest BCUT2D eigenvalue weighted by Gasteiger charge is 2.34. The highest BCUT2D eigenvalue weighted by molar-refractivity contribution is 6.50. The van der Waals surface area contributed by atoms with E-state index in [0.717, 1.165) is 10.5 Å². The minimum absolute atomic E-state index is 0.0406. The Labute approximate surface area is 133 Å². The average Bonchev–Trinajstić information content (AvgIpc) is 2.54. The van der Waals surface area contributed by atoms with Crippen LogP contribution < -0.4 is 10.2 Å². The summed E-state index contributed by atoms with van der Waals surface area (Å²) < 4.78 is 5.13. The minimum Gasteiger partial charge on any atom is -0.497 e. The topological polar surface area (TPSA) is 94.8 Å². The van der Waals surface area contributed by atoms with Gasteiger partial charge in [0.15, 0.2) is 5.71 Å². The molecule has 0 radical (unpaired) electrons. The summed E-state index contributed by atoms with van der Waals surface area (Å²) in [6.45, 7) is 3.40. The van der Waals surface area contributed by atoms with E-state index in [1.165, 1.54) is 14.0 Å². The second-order valence-electron chi connectivity index (χ2n) is 5.03. The number of ether oxygens (including phenoxy) is 1. The molecule has 23 heavy (non-hydrogen) atoms. The smallest absolute Gasteiger partial charge is 0.281 e. The molecule has 0 aromatic heterocycles. The van der Waals surface area contributed by atoms with Crippen LogP contribution in [0.2, 0.25) is 0 Å². The Morgan fingerprint density at radius 3 is 2.52 bits per heavy atom. The quantitative estimate of drug-likeness (QED) is 0.676. The molecule has 0 fully saturated rings. The first-order chi connectivity index (χ1) is 10.9. The van der Waals surface area contributed by atoms with Gasteiger partial charge in [0.2, 0.25) is 0 Å². The van der Waals surface area contributed by atoms with Crippen molar-refractivity contribution in [1.29, 1.82) is 5.26 Å². The van der Waals surface area contributed by atoms with Crippen LogP contribution >= 0.6 is 0 Å². The lowest BCUT2D eigenvalue weighted by Crippen LogP contribution is -2.44. The summed E-state index contributed by atoms with van der Waals surface area (Å²) in [6, 6.07) is 7.17. The fourth-order valence-corrected chi connectivity index (χ4v) is 2.13. The van der Waals surface area contributed by atoms with Crippen molar-refractivity contribution in [1.82, 2.24) is 4.90 Å². The van der Waals surface area contributed by atoms with Crippen molar-refractivity contribution in [2.45, 2.75) is 13.8 Å². The number of aryl methyl sites for hydroxylation is 1. The van der Waals surface area contributed by atoms with Crippen molar-refractivity contribution in [3.63, 3.8) is 0 Å². The van der Waals surface area contributed by atoms with Gasteiger partial charge in [0.25, 0.3) is 11.8 Å². The summed E-state index contributed by atoms with van der Waals surface area (Å²) in [5.41, 5.74) is 4.59. The van der Waals surface area contributed by atoms with Crippen LogP contribution in [-0.4, -0.2) is 36.6 Å². The van der Waals surface area contributed by atoms with Gasteiger partial charge in [0, 0.05) is 12.6 Å². The lowest BCUT2D eigenvalue weighted by Gasteiger charge is -2.22. The van der Waals surface area contributed by atoms with Crippen LogP contribution in [0, 0.1) is 18.3 Å². The van der Waals surface area contributed by atoms with Gasteiger partial charge in [-0.25, -0.2) is 0 Å². The van der Waals surface area contributed by atoms with Crippen molar-refractivity contribution >= 4 is 23.2 Å². The molecule has 2 amide bonds. The van der Waals surface area contributed by atoms with Gasteiger partial charge in [0.05, 0.1) is 12.8 Å². The van der Waals surface area contributed by atoms with Crippen LogP contribution in [0.5, 0.6) is 5.75 Å². The summed E-state index contributed by atoms with van der Waals surface area (Å²) in [4.78, 5) is 24.9. The number of methoxy groups -OCH3 is 1. The molecule has 0 atom stereocenters. The van der Waals surface area contributed by atoms with Crippen LogP contribution in [0.1, 0.15) is 12.5 Å². The van der Waals surface area contributed by atoms with Crippen LogP contribution in [0.15, 0.2) is 34.4 Å². The molecule has 1 aliphatic heterocycles. The minimum atomic E-state index is -0.616. The highest BCUT2D eigenvalue weighted by atomic mass is 16.5. The predicted molar refractivity (Wildman–Crippen MR) is 84.9 cm³/mol. The lowest BCUT2D eigenvalue weighted by molar-refractivity contribution is -0.136. The molecule has 1 aromatic rings. The van der Waals surface area contributed by atoms with Crippen LogP contribution in [-0.2, 0) is 9.59 Å². The van der Waals surface area contributed by atoms with Gasteiger partial charge in [-0.05, 0) is 37.6 Å². The van der Waals surface area contributed by atoms with Gasteiger partial charge >= 0.3 is 0 Å². The normalized spacial score (nSPS) is 16.7. The van der Waals surface area contributed by atoms with Gasteiger partial charge in [0.1, 0.15) is 17.4 Å². The molecular weight excluding hydrogens is 296 g/mol. The van der Waals surface area contributed by atoms with Crippen LogP contribution in [0.4, 0.5) is 5.69 Å². The molecule has 2 rings (SSSR count).